The number of aromatic nitrogens is 2. The van der Waals surface area contributed by atoms with Crippen molar-refractivity contribution < 1.29 is 14.3 Å². The van der Waals surface area contributed by atoms with Crippen molar-refractivity contribution in [3.05, 3.63) is 99.3 Å². The first-order valence-electron chi connectivity index (χ1n) is 13.1. The van der Waals surface area contributed by atoms with Crippen LogP contribution in [0.15, 0.2) is 67.0 Å². The van der Waals surface area contributed by atoms with Crippen molar-refractivity contribution in [3.8, 4) is 16.9 Å². The maximum absolute atomic E-state index is 13.4. The topological polar surface area (TPSA) is 75.6 Å². The number of benzene rings is 2. The fourth-order valence-electron chi connectivity index (χ4n) is 4.81. The number of fused-ring (bicyclic) bond motifs is 3. The van der Waals surface area contributed by atoms with Gasteiger partial charge in [0.1, 0.15) is 12.4 Å². The van der Waals surface area contributed by atoms with Gasteiger partial charge in [-0.3, -0.25) is 14.6 Å². The standard InChI is InChI=1S/C31H32N4O3S/c1-21-29(39-22(2)33-21)19-30(36)35-13-12-34(3)31(37)25-7-4-6-23(16-25)17-27-18-24(26-8-5-11-32-20-26)9-10-28(27)38-15-14-35/h4-11,16,18,20H,12-15,17,19H2,1-3H3. The van der Waals surface area contributed by atoms with Crippen LogP contribution in [-0.4, -0.2) is 64.9 Å². The van der Waals surface area contributed by atoms with Crippen molar-refractivity contribution in [2.45, 2.75) is 26.7 Å². The Kier molecular flexibility index (Phi) is 8.02. The molecule has 0 radical (unpaired) electrons. The first-order valence-corrected chi connectivity index (χ1v) is 13.9. The number of thiazole rings is 1. The highest BCUT2D eigenvalue weighted by atomic mass is 32.1. The van der Waals surface area contributed by atoms with Gasteiger partial charge in [-0.2, -0.15) is 0 Å². The third-order valence-electron chi connectivity index (χ3n) is 6.96. The Labute approximate surface area is 233 Å². The van der Waals surface area contributed by atoms with E-state index in [9.17, 15) is 9.59 Å². The van der Waals surface area contributed by atoms with Crippen LogP contribution in [0.2, 0.25) is 0 Å². The molecule has 0 unspecified atom stereocenters. The molecule has 4 aromatic rings. The molecule has 0 aliphatic carbocycles. The molecule has 39 heavy (non-hydrogen) atoms. The molecule has 7 nitrogen and oxygen atoms in total. The van der Waals surface area contributed by atoms with Crippen molar-refractivity contribution in [2.24, 2.45) is 0 Å². The Morgan fingerprint density at radius 2 is 1.85 bits per heavy atom. The second-order valence-corrected chi connectivity index (χ2v) is 11.1. The fraction of sp³-hybridized carbons (Fsp3) is 0.290. The summed E-state index contributed by atoms with van der Waals surface area (Å²) in [5.41, 5.74) is 5.65. The summed E-state index contributed by atoms with van der Waals surface area (Å²) in [6.07, 6.45) is 4.51. The van der Waals surface area contributed by atoms with E-state index in [1.165, 1.54) is 0 Å². The lowest BCUT2D eigenvalue weighted by Gasteiger charge is -2.27. The molecule has 2 amide bonds. The van der Waals surface area contributed by atoms with E-state index >= 15 is 0 Å². The van der Waals surface area contributed by atoms with Gasteiger partial charge in [0.2, 0.25) is 5.91 Å². The Balaban J connectivity index is 1.45. The second kappa shape index (κ2) is 11.8. The average Bonchev–Trinajstić information content (AvgIpc) is 3.26. The molecule has 0 fully saturated rings. The summed E-state index contributed by atoms with van der Waals surface area (Å²) >= 11 is 1.56. The van der Waals surface area contributed by atoms with E-state index in [1.54, 1.807) is 34.4 Å². The molecule has 0 N–H and O–H groups in total. The van der Waals surface area contributed by atoms with Gasteiger partial charge in [0.15, 0.2) is 0 Å². The minimum absolute atomic E-state index is 0.00689. The fourth-order valence-corrected chi connectivity index (χ4v) is 5.74. The summed E-state index contributed by atoms with van der Waals surface area (Å²) in [5, 5.41) is 0.953. The summed E-state index contributed by atoms with van der Waals surface area (Å²) < 4.78 is 6.30. The number of hydrogen-bond acceptors (Lipinski definition) is 6. The van der Waals surface area contributed by atoms with Crippen LogP contribution in [0.4, 0.5) is 0 Å². The van der Waals surface area contributed by atoms with Crippen LogP contribution in [0.5, 0.6) is 5.75 Å². The molecule has 0 atom stereocenters. The second-order valence-electron chi connectivity index (χ2n) is 9.82. The average molecular weight is 541 g/mol. The number of hydrogen-bond donors (Lipinski definition) is 0. The molecule has 0 saturated carbocycles. The maximum atomic E-state index is 13.4. The zero-order chi connectivity index (χ0) is 27.4. The normalized spacial score (nSPS) is 14.4. The predicted molar refractivity (Wildman–Crippen MR) is 153 cm³/mol. The lowest BCUT2D eigenvalue weighted by molar-refractivity contribution is -0.131. The largest absolute Gasteiger partial charge is 0.491 e. The van der Waals surface area contributed by atoms with Crippen molar-refractivity contribution >= 4 is 23.2 Å². The molecule has 0 saturated heterocycles. The van der Waals surface area contributed by atoms with Gasteiger partial charge in [-0.1, -0.05) is 24.3 Å². The number of pyridine rings is 1. The lowest BCUT2D eigenvalue weighted by Crippen LogP contribution is -2.42. The Hall–Kier alpha value is -4.04. The summed E-state index contributed by atoms with van der Waals surface area (Å²) in [5.74, 6) is 0.720. The van der Waals surface area contributed by atoms with Gasteiger partial charge in [0, 0.05) is 55.0 Å². The summed E-state index contributed by atoms with van der Waals surface area (Å²) in [6.45, 7) is 5.52. The van der Waals surface area contributed by atoms with Crippen LogP contribution >= 0.6 is 11.3 Å². The molecule has 2 aromatic carbocycles. The van der Waals surface area contributed by atoms with Gasteiger partial charge in [-0.05, 0) is 60.9 Å². The van der Waals surface area contributed by atoms with E-state index in [0.29, 0.717) is 44.6 Å². The van der Waals surface area contributed by atoms with Gasteiger partial charge < -0.3 is 14.5 Å². The number of rotatable bonds is 3. The van der Waals surface area contributed by atoms with Crippen LogP contribution in [-0.2, 0) is 17.6 Å². The molecule has 8 heteroatoms. The highest BCUT2D eigenvalue weighted by Crippen LogP contribution is 2.29. The molecule has 2 bridgehead atoms. The van der Waals surface area contributed by atoms with Gasteiger partial charge in [-0.25, -0.2) is 4.98 Å². The van der Waals surface area contributed by atoms with E-state index in [1.807, 2.05) is 68.6 Å². The van der Waals surface area contributed by atoms with Crippen LogP contribution in [0.1, 0.15) is 37.1 Å². The third kappa shape index (κ3) is 6.34. The Morgan fingerprint density at radius 3 is 2.62 bits per heavy atom. The van der Waals surface area contributed by atoms with Crippen molar-refractivity contribution in [1.29, 1.82) is 0 Å². The number of likely N-dealkylation sites (N-methyl/N-ethyl adjacent to an activating group) is 1. The molecular weight excluding hydrogens is 508 g/mol. The molecule has 0 spiro atoms. The summed E-state index contributed by atoms with van der Waals surface area (Å²) in [4.78, 5) is 39.8. The van der Waals surface area contributed by atoms with Gasteiger partial charge >= 0.3 is 0 Å². The van der Waals surface area contributed by atoms with Gasteiger partial charge in [0.05, 0.1) is 23.7 Å². The minimum atomic E-state index is -0.0594. The van der Waals surface area contributed by atoms with Crippen LogP contribution < -0.4 is 4.74 Å². The SMILES string of the molecule is Cc1nc(C)c(CC(=O)N2CCOc3ccc(-c4cccnc4)cc3Cc3cccc(c3)C(=O)N(C)CC2)s1. The van der Waals surface area contributed by atoms with Gasteiger partial charge in [-0.15, -0.1) is 11.3 Å². The molecular formula is C31H32N4O3S. The highest BCUT2D eigenvalue weighted by Gasteiger charge is 2.21. The molecule has 2 aromatic heterocycles. The van der Waals surface area contributed by atoms with E-state index in [2.05, 4.69) is 16.0 Å². The zero-order valence-electron chi connectivity index (χ0n) is 22.5. The van der Waals surface area contributed by atoms with Crippen LogP contribution in [0.25, 0.3) is 11.1 Å². The van der Waals surface area contributed by atoms with Crippen molar-refractivity contribution in [2.75, 3.05) is 33.3 Å². The number of ether oxygens (including phenoxy) is 1. The monoisotopic (exact) mass is 540 g/mol. The van der Waals surface area contributed by atoms with Gasteiger partial charge in [0.25, 0.3) is 5.91 Å². The van der Waals surface area contributed by atoms with E-state index in [0.717, 1.165) is 43.6 Å². The molecule has 200 valence electrons. The number of nitrogens with zero attached hydrogens (tertiary/aromatic N) is 4. The third-order valence-corrected chi connectivity index (χ3v) is 8.03. The highest BCUT2D eigenvalue weighted by molar-refractivity contribution is 7.11. The van der Waals surface area contributed by atoms with Crippen LogP contribution in [0.3, 0.4) is 0 Å². The van der Waals surface area contributed by atoms with Crippen molar-refractivity contribution in [1.82, 2.24) is 19.8 Å². The molecule has 1 aliphatic rings. The molecule has 3 heterocycles. The summed E-state index contributed by atoms with van der Waals surface area (Å²) in [7, 11) is 1.78. The van der Waals surface area contributed by atoms with E-state index < -0.39 is 0 Å². The Morgan fingerprint density at radius 1 is 1.00 bits per heavy atom. The smallest absolute Gasteiger partial charge is 0.253 e. The molecule has 1 aliphatic heterocycles. The quantitative estimate of drug-likeness (QED) is 0.368. The first kappa shape index (κ1) is 26.6. The lowest BCUT2D eigenvalue weighted by atomic mass is 9.98. The number of amides is 2. The number of carbonyl (C=O) groups is 2. The maximum Gasteiger partial charge on any atom is 0.253 e. The number of carbonyl (C=O) groups excluding carboxylic acids is 2. The predicted octanol–water partition coefficient (Wildman–Crippen LogP) is 4.95. The van der Waals surface area contributed by atoms with Crippen LogP contribution in [0, 0.1) is 13.8 Å². The minimum Gasteiger partial charge on any atom is -0.491 e. The van der Waals surface area contributed by atoms with Crippen molar-refractivity contribution in [3.63, 3.8) is 0 Å². The van der Waals surface area contributed by atoms with E-state index in [-0.39, 0.29) is 11.8 Å². The zero-order valence-corrected chi connectivity index (χ0v) is 23.3. The number of aryl methyl sites for hydroxylation is 2. The summed E-state index contributed by atoms with van der Waals surface area (Å²) in [6, 6.07) is 17.8. The van der Waals surface area contributed by atoms with E-state index in [4.69, 9.17) is 4.74 Å². The molecule has 5 rings (SSSR count). The first-order chi connectivity index (χ1) is 18.9. The Bertz CT molecular complexity index is 1480.